The molecule has 3 atom stereocenters. The quantitative estimate of drug-likeness (QED) is 0.626. The summed E-state index contributed by atoms with van der Waals surface area (Å²) in [5, 5.41) is 0. The first-order valence-corrected chi connectivity index (χ1v) is 6.83. The van der Waals surface area contributed by atoms with E-state index in [1.807, 2.05) is 0 Å². The van der Waals surface area contributed by atoms with Gasteiger partial charge in [0, 0.05) is 11.6 Å². The van der Waals surface area contributed by atoms with Crippen LogP contribution in [0.3, 0.4) is 0 Å². The van der Waals surface area contributed by atoms with E-state index in [4.69, 9.17) is 4.99 Å². The Morgan fingerprint density at radius 1 is 1.18 bits per heavy atom. The number of fused-ring (bicyclic) bond motifs is 2. The Morgan fingerprint density at radius 3 is 2.82 bits per heavy atom. The van der Waals surface area contributed by atoms with E-state index >= 15 is 0 Å². The molecule has 1 heteroatoms. The highest BCUT2D eigenvalue weighted by molar-refractivity contribution is 5.93. The largest absolute Gasteiger partial charge is 0.257 e. The Morgan fingerprint density at radius 2 is 2.00 bits per heavy atom. The van der Waals surface area contributed by atoms with Crippen molar-refractivity contribution < 1.29 is 0 Å². The first kappa shape index (κ1) is 11.0. The van der Waals surface area contributed by atoms with Crippen LogP contribution >= 0.6 is 0 Å². The van der Waals surface area contributed by atoms with Crippen molar-refractivity contribution >= 4 is 11.4 Å². The Hall–Kier alpha value is -1.11. The molecule has 1 aliphatic heterocycles. The zero-order valence-electron chi connectivity index (χ0n) is 11.0. The number of aryl methyl sites for hydroxylation is 1. The molecule has 1 aromatic rings. The predicted molar refractivity (Wildman–Crippen MR) is 73.0 cm³/mol. The van der Waals surface area contributed by atoms with Crippen LogP contribution in [0.2, 0.25) is 0 Å². The van der Waals surface area contributed by atoms with Crippen molar-refractivity contribution in [1.82, 2.24) is 0 Å². The van der Waals surface area contributed by atoms with E-state index in [9.17, 15) is 0 Å². The zero-order valence-corrected chi connectivity index (χ0v) is 11.0. The lowest BCUT2D eigenvalue weighted by molar-refractivity contribution is 0.352. The van der Waals surface area contributed by atoms with Gasteiger partial charge in [-0.25, -0.2) is 0 Å². The molecule has 1 heterocycles. The fourth-order valence-electron chi connectivity index (χ4n) is 3.32. The van der Waals surface area contributed by atoms with Gasteiger partial charge in [0.15, 0.2) is 0 Å². The van der Waals surface area contributed by atoms with E-state index in [-0.39, 0.29) is 0 Å². The molecule has 1 nitrogen and oxygen atoms in total. The minimum Gasteiger partial charge on any atom is -0.257 e. The molecule has 0 aromatic heterocycles. The van der Waals surface area contributed by atoms with Gasteiger partial charge in [-0.15, -0.1) is 0 Å². The van der Waals surface area contributed by atoms with Gasteiger partial charge >= 0.3 is 0 Å². The van der Waals surface area contributed by atoms with Crippen LogP contribution in [0, 0.1) is 24.7 Å². The molecule has 1 fully saturated rings. The summed E-state index contributed by atoms with van der Waals surface area (Å²) in [6, 6.07) is 6.69. The van der Waals surface area contributed by atoms with Crippen LogP contribution in [0.15, 0.2) is 23.2 Å². The van der Waals surface area contributed by atoms with Crippen molar-refractivity contribution in [2.45, 2.75) is 40.0 Å². The number of hydrogen-bond donors (Lipinski definition) is 0. The van der Waals surface area contributed by atoms with Gasteiger partial charge in [-0.2, -0.15) is 0 Å². The third kappa shape index (κ3) is 1.82. The predicted octanol–water partition coefficient (Wildman–Crippen LogP) is 4.31. The van der Waals surface area contributed by atoms with Crippen molar-refractivity contribution in [2.75, 3.05) is 0 Å². The van der Waals surface area contributed by atoms with Crippen molar-refractivity contribution in [2.24, 2.45) is 22.7 Å². The molecule has 1 aromatic carbocycles. The Labute approximate surface area is 104 Å². The number of aliphatic imine (C=N–C) groups is 1. The van der Waals surface area contributed by atoms with Gasteiger partial charge in [-0.05, 0) is 49.7 Å². The summed E-state index contributed by atoms with van der Waals surface area (Å²) in [6.07, 6.45) is 3.91. The average molecular weight is 227 g/mol. The van der Waals surface area contributed by atoms with E-state index in [0.717, 1.165) is 11.8 Å². The van der Waals surface area contributed by atoms with Gasteiger partial charge in [0.2, 0.25) is 0 Å². The van der Waals surface area contributed by atoms with E-state index in [1.165, 1.54) is 41.8 Å². The van der Waals surface area contributed by atoms with Crippen LogP contribution in [-0.4, -0.2) is 5.71 Å². The molecule has 3 unspecified atom stereocenters. The standard InChI is InChI=1S/C16H21N/c1-10-4-7-15-14(8-10)9-13-6-5-11(2)12(3)16(13)17-15/h4,7-8,11-13H,5-6,9H2,1-3H3. The highest BCUT2D eigenvalue weighted by atomic mass is 14.8. The second kappa shape index (κ2) is 3.97. The molecule has 0 bridgehead atoms. The fraction of sp³-hybridized carbons (Fsp3) is 0.562. The fourth-order valence-corrected chi connectivity index (χ4v) is 3.32. The van der Waals surface area contributed by atoms with Crippen LogP contribution in [0.5, 0.6) is 0 Å². The SMILES string of the molecule is Cc1ccc2c(c1)CC1CCC(C)C(C)C1=N2. The lowest BCUT2D eigenvalue weighted by Gasteiger charge is -2.36. The third-order valence-electron chi connectivity index (χ3n) is 4.66. The lowest BCUT2D eigenvalue weighted by atomic mass is 9.71. The number of nitrogens with zero attached hydrogens (tertiary/aromatic N) is 1. The summed E-state index contributed by atoms with van der Waals surface area (Å²) in [7, 11) is 0. The van der Waals surface area contributed by atoms with Crippen molar-refractivity contribution in [3.8, 4) is 0 Å². The molecular formula is C16H21N. The van der Waals surface area contributed by atoms with Crippen LogP contribution in [-0.2, 0) is 6.42 Å². The van der Waals surface area contributed by atoms with E-state index in [1.54, 1.807) is 0 Å². The third-order valence-corrected chi connectivity index (χ3v) is 4.66. The molecule has 1 saturated carbocycles. The van der Waals surface area contributed by atoms with E-state index in [0.29, 0.717) is 5.92 Å². The van der Waals surface area contributed by atoms with Gasteiger partial charge in [-0.1, -0.05) is 31.5 Å². The maximum absolute atomic E-state index is 4.96. The second-order valence-electron chi connectivity index (χ2n) is 5.91. The molecule has 0 amide bonds. The normalized spacial score (nSPS) is 31.5. The Balaban J connectivity index is 2.03. The first-order valence-electron chi connectivity index (χ1n) is 6.83. The minimum absolute atomic E-state index is 0.670. The molecule has 0 radical (unpaired) electrons. The highest BCUT2D eigenvalue weighted by Gasteiger charge is 2.33. The molecule has 0 spiro atoms. The van der Waals surface area contributed by atoms with E-state index < -0.39 is 0 Å². The van der Waals surface area contributed by atoms with Crippen molar-refractivity contribution in [3.63, 3.8) is 0 Å². The lowest BCUT2D eigenvalue weighted by Crippen LogP contribution is -2.34. The Kier molecular flexibility index (Phi) is 2.57. The molecule has 0 saturated heterocycles. The smallest absolute Gasteiger partial charge is 0.0661 e. The van der Waals surface area contributed by atoms with Crippen LogP contribution in [0.25, 0.3) is 0 Å². The van der Waals surface area contributed by atoms with E-state index in [2.05, 4.69) is 39.0 Å². The van der Waals surface area contributed by atoms with Gasteiger partial charge < -0.3 is 0 Å². The van der Waals surface area contributed by atoms with Gasteiger partial charge in [0.25, 0.3) is 0 Å². The highest BCUT2D eigenvalue weighted by Crippen LogP contribution is 2.39. The average Bonchev–Trinajstić information content (AvgIpc) is 2.32. The number of rotatable bonds is 0. The minimum atomic E-state index is 0.670. The number of hydrogen-bond acceptors (Lipinski definition) is 1. The summed E-state index contributed by atoms with van der Waals surface area (Å²) >= 11 is 0. The Bertz CT molecular complexity index is 472. The number of benzene rings is 1. The summed E-state index contributed by atoms with van der Waals surface area (Å²) in [5.41, 5.74) is 5.52. The van der Waals surface area contributed by atoms with Crippen LogP contribution in [0.1, 0.15) is 37.8 Å². The van der Waals surface area contributed by atoms with Gasteiger partial charge in [0.1, 0.15) is 0 Å². The monoisotopic (exact) mass is 227 g/mol. The molecule has 90 valence electrons. The van der Waals surface area contributed by atoms with Crippen LogP contribution in [0.4, 0.5) is 5.69 Å². The van der Waals surface area contributed by atoms with Gasteiger partial charge in [0.05, 0.1) is 5.69 Å². The van der Waals surface area contributed by atoms with Crippen LogP contribution < -0.4 is 0 Å². The van der Waals surface area contributed by atoms with Crippen molar-refractivity contribution in [1.29, 1.82) is 0 Å². The topological polar surface area (TPSA) is 12.4 Å². The second-order valence-corrected chi connectivity index (χ2v) is 5.91. The summed E-state index contributed by atoms with van der Waals surface area (Å²) in [6.45, 7) is 6.90. The summed E-state index contributed by atoms with van der Waals surface area (Å²) in [4.78, 5) is 4.96. The molecule has 2 aliphatic rings. The molecule has 17 heavy (non-hydrogen) atoms. The first-order chi connectivity index (χ1) is 8.15. The summed E-state index contributed by atoms with van der Waals surface area (Å²) < 4.78 is 0. The molecule has 3 rings (SSSR count). The molecular weight excluding hydrogens is 206 g/mol. The van der Waals surface area contributed by atoms with Crippen molar-refractivity contribution in [3.05, 3.63) is 29.3 Å². The zero-order chi connectivity index (χ0) is 12.0. The maximum Gasteiger partial charge on any atom is 0.0661 e. The maximum atomic E-state index is 4.96. The molecule has 0 N–H and O–H groups in total. The molecule has 1 aliphatic carbocycles. The van der Waals surface area contributed by atoms with Gasteiger partial charge in [-0.3, -0.25) is 4.99 Å². The summed E-state index contributed by atoms with van der Waals surface area (Å²) in [5.74, 6) is 2.19.